The first-order chi connectivity index (χ1) is 7.99. The molecule has 1 N–H and O–H groups in total. The fourth-order valence-corrected chi connectivity index (χ4v) is 2.03. The number of nitrogens with zero attached hydrogens (tertiary/aromatic N) is 2. The van der Waals surface area contributed by atoms with Crippen molar-refractivity contribution in [2.75, 3.05) is 13.1 Å². The molecular weight excluding hydrogens is 216 g/mol. The molecule has 0 spiro atoms. The Kier molecular flexibility index (Phi) is 3.17. The van der Waals surface area contributed by atoms with Crippen LogP contribution in [0.15, 0.2) is 30.3 Å². The number of carbonyl (C=O) groups excluding carboxylic acids is 1. The van der Waals surface area contributed by atoms with Crippen molar-refractivity contribution in [3.63, 3.8) is 0 Å². The lowest BCUT2D eigenvalue weighted by molar-refractivity contribution is -0.199. The zero-order valence-electron chi connectivity index (χ0n) is 10.3. The molecule has 1 amide bonds. The second kappa shape index (κ2) is 4.47. The van der Waals surface area contributed by atoms with Gasteiger partial charge in [0.15, 0.2) is 0 Å². The highest BCUT2D eigenvalue weighted by Gasteiger charge is 2.37. The fourth-order valence-electron chi connectivity index (χ4n) is 2.03. The van der Waals surface area contributed by atoms with Crippen LogP contribution >= 0.6 is 0 Å². The van der Waals surface area contributed by atoms with E-state index in [9.17, 15) is 10.0 Å². The normalized spacial score (nSPS) is 20.6. The molecule has 1 aliphatic rings. The van der Waals surface area contributed by atoms with Gasteiger partial charge in [0.05, 0.1) is 5.54 Å². The summed E-state index contributed by atoms with van der Waals surface area (Å²) in [5, 5.41) is 10.8. The van der Waals surface area contributed by atoms with E-state index in [2.05, 4.69) is 0 Å². The lowest BCUT2D eigenvalue weighted by Crippen LogP contribution is -2.60. The van der Waals surface area contributed by atoms with Gasteiger partial charge in [0, 0.05) is 13.1 Å². The molecule has 92 valence electrons. The first kappa shape index (κ1) is 12.1. The molecule has 0 aromatic heterocycles. The Morgan fingerprint density at radius 1 is 1.29 bits per heavy atom. The Morgan fingerprint density at radius 3 is 2.59 bits per heavy atom. The van der Waals surface area contributed by atoms with Crippen LogP contribution in [-0.2, 0) is 11.3 Å². The summed E-state index contributed by atoms with van der Waals surface area (Å²) in [7, 11) is 0. The molecule has 1 heterocycles. The van der Waals surface area contributed by atoms with E-state index in [4.69, 9.17) is 0 Å². The number of hydrogen-bond donors (Lipinski definition) is 1. The topological polar surface area (TPSA) is 43.8 Å². The molecule has 0 bridgehead atoms. The number of rotatable bonds is 2. The van der Waals surface area contributed by atoms with Crippen molar-refractivity contribution < 1.29 is 10.0 Å². The third-order valence-corrected chi connectivity index (χ3v) is 3.13. The average molecular weight is 234 g/mol. The molecule has 0 aliphatic carbocycles. The van der Waals surface area contributed by atoms with Crippen LogP contribution in [0.1, 0.15) is 19.4 Å². The Labute approximate surface area is 101 Å². The SMILES string of the molecule is CC1(C)CN(Cc2ccccc2)C(=O)CN1O. The van der Waals surface area contributed by atoms with Crippen molar-refractivity contribution in [1.29, 1.82) is 0 Å². The summed E-state index contributed by atoms with van der Waals surface area (Å²) in [6, 6.07) is 9.90. The largest absolute Gasteiger partial charge is 0.335 e. The number of amides is 1. The van der Waals surface area contributed by atoms with Crippen LogP contribution in [0.2, 0.25) is 0 Å². The number of benzene rings is 1. The van der Waals surface area contributed by atoms with Crippen LogP contribution in [0.25, 0.3) is 0 Å². The van der Waals surface area contributed by atoms with Gasteiger partial charge in [-0.2, -0.15) is 5.06 Å². The second-order valence-corrected chi connectivity index (χ2v) is 5.11. The Morgan fingerprint density at radius 2 is 1.94 bits per heavy atom. The van der Waals surface area contributed by atoms with Crippen molar-refractivity contribution in [1.82, 2.24) is 9.96 Å². The van der Waals surface area contributed by atoms with Gasteiger partial charge in [0.2, 0.25) is 5.91 Å². The molecule has 1 aliphatic heterocycles. The van der Waals surface area contributed by atoms with Gasteiger partial charge in [0.25, 0.3) is 0 Å². The van der Waals surface area contributed by atoms with E-state index in [1.54, 1.807) is 4.90 Å². The van der Waals surface area contributed by atoms with E-state index < -0.39 is 0 Å². The highest BCUT2D eigenvalue weighted by Crippen LogP contribution is 2.20. The summed E-state index contributed by atoms with van der Waals surface area (Å²) in [4.78, 5) is 13.6. The van der Waals surface area contributed by atoms with E-state index in [1.165, 1.54) is 0 Å². The highest BCUT2D eigenvalue weighted by molar-refractivity contribution is 5.79. The first-order valence-corrected chi connectivity index (χ1v) is 5.77. The standard InChI is InChI=1S/C13H18N2O2/c1-13(2)10-14(12(16)9-15(13)17)8-11-6-4-3-5-7-11/h3-7,17H,8-10H2,1-2H3. The first-order valence-electron chi connectivity index (χ1n) is 5.77. The van der Waals surface area contributed by atoms with Crippen LogP contribution in [-0.4, -0.2) is 39.7 Å². The molecule has 0 radical (unpaired) electrons. The van der Waals surface area contributed by atoms with E-state index >= 15 is 0 Å². The smallest absolute Gasteiger partial charge is 0.239 e. The molecule has 2 rings (SSSR count). The maximum Gasteiger partial charge on any atom is 0.239 e. The Balaban J connectivity index is 2.09. The Hall–Kier alpha value is -1.39. The minimum Gasteiger partial charge on any atom is -0.335 e. The lowest BCUT2D eigenvalue weighted by Gasteiger charge is -2.43. The minimum absolute atomic E-state index is 0.0318. The zero-order chi connectivity index (χ0) is 12.5. The van der Waals surface area contributed by atoms with Gasteiger partial charge < -0.3 is 10.1 Å². The van der Waals surface area contributed by atoms with E-state index in [0.29, 0.717) is 13.1 Å². The third kappa shape index (κ3) is 2.65. The van der Waals surface area contributed by atoms with Crippen molar-refractivity contribution in [3.8, 4) is 0 Å². The third-order valence-electron chi connectivity index (χ3n) is 3.13. The molecule has 4 heteroatoms. The maximum atomic E-state index is 11.8. The lowest BCUT2D eigenvalue weighted by atomic mass is 10.0. The number of piperazine rings is 1. The van der Waals surface area contributed by atoms with Gasteiger partial charge in [-0.05, 0) is 19.4 Å². The van der Waals surface area contributed by atoms with Gasteiger partial charge in [-0.25, -0.2) is 0 Å². The molecule has 1 aromatic rings. The number of hydrogen-bond acceptors (Lipinski definition) is 3. The molecule has 0 atom stereocenters. The van der Waals surface area contributed by atoms with Gasteiger partial charge in [0.1, 0.15) is 6.54 Å². The maximum absolute atomic E-state index is 11.8. The van der Waals surface area contributed by atoms with Gasteiger partial charge >= 0.3 is 0 Å². The molecule has 1 aromatic carbocycles. The monoisotopic (exact) mass is 234 g/mol. The molecule has 4 nitrogen and oxygen atoms in total. The highest BCUT2D eigenvalue weighted by atomic mass is 16.5. The van der Waals surface area contributed by atoms with Crippen LogP contribution in [0.5, 0.6) is 0 Å². The molecule has 1 fully saturated rings. The minimum atomic E-state index is -0.386. The van der Waals surface area contributed by atoms with E-state index in [1.807, 2.05) is 44.2 Å². The predicted molar refractivity (Wildman–Crippen MR) is 64.4 cm³/mol. The fraction of sp³-hybridized carbons (Fsp3) is 0.462. The van der Waals surface area contributed by atoms with Crippen molar-refractivity contribution in [3.05, 3.63) is 35.9 Å². The van der Waals surface area contributed by atoms with Crippen molar-refractivity contribution in [2.24, 2.45) is 0 Å². The van der Waals surface area contributed by atoms with Crippen LogP contribution in [0.4, 0.5) is 0 Å². The zero-order valence-corrected chi connectivity index (χ0v) is 10.3. The van der Waals surface area contributed by atoms with E-state index in [0.717, 1.165) is 10.6 Å². The summed E-state index contributed by atoms with van der Waals surface area (Å²) >= 11 is 0. The number of hydroxylamine groups is 2. The molecular formula is C13H18N2O2. The summed E-state index contributed by atoms with van der Waals surface area (Å²) in [5.74, 6) is -0.0318. The van der Waals surface area contributed by atoms with Crippen molar-refractivity contribution in [2.45, 2.75) is 25.9 Å². The second-order valence-electron chi connectivity index (χ2n) is 5.11. The summed E-state index contributed by atoms with van der Waals surface area (Å²) < 4.78 is 0. The Bertz CT molecular complexity index is 403. The molecule has 0 unspecified atom stereocenters. The van der Waals surface area contributed by atoms with Crippen LogP contribution < -0.4 is 0 Å². The quantitative estimate of drug-likeness (QED) is 0.843. The number of carbonyl (C=O) groups is 1. The molecule has 1 saturated heterocycles. The molecule has 17 heavy (non-hydrogen) atoms. The predicted octanol–water partition coefficient (Wildman–Crippen LogP) is 1.50. The van der Waals surface area contributed by atoms with Crippen molar-refractivity contribution >= 4 is 5.91 Å². The van der Waals surface area contributed by atoms with Gasteiger partial charge in [-0.3, -0.25) is 4.79 Å². The van der Waals surface area contributed by atoms with Crippen LogP contribution in [0.3, 0.4) is 0 Å². The van der Waals surface area contributed by atoms with E-state index in [-0.39, 0.29) is 18.0 Å². The summed E-state index contributed by atoms with van der Waals surface area (Å²) in [6.07, 6.45) is 0. The van der Waals surface area contributed by atoms with Crippen LogP contribution in [0, 0.1) is 0 Å². The average Bonchev–Trinajstić information content (AvgIpc) is 2.27. The summed E-state index contributed by atoms with van der Waals surface area (Å²) in [6.45, 7) is 5.07. The van der Waals surface area contributed by atoms with Gasteiger partial charge in [-0.15, -0.1) is 0 Å². The van der Waals surface area contributed by atoms with Gasteiger partial charge in [-0.1, -0.05) is 30.3 Å². The summed E-state index contributed by atoms with van der Waals surface area (Å²) in [5.41, 5.74) is 0.728. The molecule has 0 saturated carbocycles.